The molecule has 1 heterocycles. The SMILES string of the molecule is COc1ccc([N+](=O)[O-])cc1C(=O)O[C@H](C)C(=O)N1c2ccccc2C[C@H]1C. The van der Waals surface area contributed by atoms with Gasteiger partial charge in [-0.15, -0.1) is 0 Å². The molecule has 2 aromatic rings. The summed E-state index contributed by atoms with van der Waals surface area (Å²) in [7, 11) is 1.34. The summed E-state index contributed by atoms with van der Waals surface area (Å²) < 4.78 is 10.4. The number of nitrogens with zero attached hydrogens (tertiary/aromatic N) is 2. The number of benzene rings is 2. The summed E-state index contributed by atoms with van der Waals surface area (Å²) in [6.07, 6.45) is -0.341. The normalized spacial score (nSPS) is 16.2. The average Bonchev–Trinajstić information content (AvgIpc) is 3.02. The molecule has 0 radical (unpaired) electrons. The van der Waals surface area contributed by atoms with Gasteiger partial charge < -0.3 is 14.4 Å². The van der Waals surface area contributed by atoms with Crippen LogP contribution < -0.4 is 9.64 Å². The van der Waals surface area contributed by atoms with E-state index >= 15 is 0 Å². The number of non-ortho nitro benzene ring substituents is 1. The summed E-state index contributed by atoms with van der Waals surface area (Å²) >= 11 is 0. The summed E-state index contributed by atoms with van der Waals surface area (Å²) in [5.41, 5.74) is 1.48. The van der Waals surface area contributed by atoms with E-state index in [1.165, 1.54) is 26.2 Å². The van der Waals surface area contributed by atoms with Crippen LogP contribution in [0.25, 0.3) is 0 Å². The fourth-order valence-corrected chi connectivity index (χ4v) is 3.34. The van der Waals surface area contributed by atoms with E-state index in [1.807, 2.05) is 31.2 Å². The van der Waals surface area contributed by atoms with Crippen LogP contribution in [0, 0.1) is 10.1 Å². The maximum absolute atomic E-state index is 12.9. The van der Waals surface area contributed by atoms with Crippen molar-refractivity contribution in [2.45, 2.75) is 32.4 Å². The van der Waals surface area contributed by atoms with Gasteiger partial charge in [0.2, 0.25) is 0 Å². The minimum Gasteiger partial charge on any atom is -0.496 e. The number of carbonyl (C=O) groups is 2. The minimum absolute atomic E-state index is 0.0570. The maximum atomic E-state index is 12.9. The summed E-state index contributed by atoms with van der Waals surface area (Å²) in [5, 5.41) is 11.0. The van der Waals surface area contributed by atoms with Gasteiger partial charge >= 0.3 is 5.97 Å². The van der Waals surface area contributed by atoms with Gasteiger partial charge in [0.1, 0.15) is 11.3 Å². The molecule has 8 nitrogen and oxygen atoms in total. The van der Waals surface area contributed by atoms with E-state index < -0.39 is 17.0 Å². The summed E-state index contributed by atoms with van der Waals surface area (Å²) in [5.74, 6) is -1.08. The number of hydrogen-bond donors (Lipinski definition) is 0. The van der Waals surface area contributed by atoms with Crippen LogP contribution in [0.2, 0.25) is 0 Å². The van der Waals surface area contributed by atoms with Crippen LogP contribution in [-0.2, 0) is 16.0 Å². The van der Waals surface area contributed by atoms with Crippen molar-refractivity contribution in [3.05, 3.63) is 63.7 Å². The molecular formula is C20H20N2O6. The number of nitro benzene ring substituents is 1. The van der Waals surface area contributed by atoms with E-state index in [9.17, 15) is 19.7 Å². The van der Waals surface area contributed by atoms with E-state index in [0.29, 0.717) is 0 Å². The predicted molar refractivity (Wildman–Crippen MR) is 102 cm³/mol. The third kappa shape index (κ3) is 3.53. The first-order valence-electron chi connectivity index (χ1n) is 8.78. The van der Waals surface area contributed by atoms with E-state index in [0.717, 1.165) is 23.7 Å². The maximum Gasteiger partial charge on any atom is 0.342 e. The van der Waals surface area contributed by atoms with Crippen molar-refractivity contribution in [3.8, 4) is 5.75 Å². The molecule has 0 saturated heterocycles. The zero-order valence-electron chi connectivity index (χ0n) is 15.7. The number of ether oxygens (including phenoxy) is 2. The zero-order valence-corrected chi connectivity index (χ0v) is 15.7. The van der Waals surface area contributed by atoms with E-state index in [-0.39, 0.29) is 28.9 Å². The fraction of sp³-hybridized carbons (Fsp3) is 0.300. The molecule has 0 spiro atoms. The molecule has 1 aliphatic heterocycles. The molecule has 0 fully saturated rings. The van der Waals surface area contributed by atoms with E-state index in [2.05, 4.69) is 0 Å². The van der Waals surface area contributed by atoms with E-state index in [4.69, 9.17) is 9.47 Å². The number of carbonyl (C=O) groups excluding carboxylic acids is 2. The first-order chi connectivity index (χ1) is 13.3. The molecule has 1 amide bonds. The molecule has 0 bridgehead atoms. The largest absolute Gasteiger partial charge is 0.496 e. The van der Waals surface area contributed by atoms with Crippen molar-refractivity contribution >= 4 is 23.3 Å². The first-order valence-corrected chi connectivity index (χ1v) is 8.78. The molecule has 28 heavy (non-hydrogen) atoms. The molecule has 1 aliphatic rings. The van der Waals surface area contributed by atoms with Crippen LogP contribution in [0.1, 0.15) is 29.8 Å². The predicted octanol–water partition coefficient (Wildman–Crippen LogP) is 3.13. The van der Waals surface area contributed by atoms with Gasteiger partial charge in [-0.1, -0.05) is 18.2 Å². The summed E-state index contributed by atoms with van der Waals surface area (Å²) in [4.78, 5) is 37.5. The zero-order chi connectivity index (χ0) is 20.4. The second-order valence-electron chi connectivity index (χ2n) is 6.58. The molecule has 0 N–H and O–H groups in total. The Kier molecular flexibility index (Phi) is 5.30. The highest BCUT2D eigenvalue weighted by atomic mass is 16.6. The quantitative estimate of drug-likeness (QED) is 0.446. The van der Waals surface area contributed by atoms with Gasteiger partial charge in [0.15, 0.2) is 6.10 Å². The number of nitro groups is 1. The molecule has 0 aromatic heterocycles. The minimum atomic E-state index is -1.06. The number of methoxy groups -OCH3 is 1. The smallest absolute Gasteiger partial charge is 0.342 e. The van der Waals surface area contributed by atoms with Crippen molar-refractivity contribution in [1.82, 2.24) is 0 Å². The van der Waals surface area contributed by atoms with Gasteiger partial charge in [0.05, 0.1) is 12.0 Å². The molecule has 0 saturated carbocycles. The third-order valence-corrected chi connectivity index (χ3v) is 4.69. The van der Waals surface area contributed by atoms with Crippen molar-refractivity contribution in [2.75, 3.05) is 12.0 Å². The Hall–Kier alpha value is -3.42. The third-order valence-electron chi connectivity index (χ3n) is 4.69. The standard InChI is InChI=1S/C20H20N2O6/c1-12-10-14-6-4-5-7-17(14)21(12)19(23)13(2)28-20(24)16-11-15(22(25)26)8-9-18(16)27-3/h4-9,11-13H,10H2,1-3H3/t12-,13-/m1/s1. The lowest BCUT2D eigenvalue weighted by molar-refractivity contribution is -0.384. The van der Waals surface area contributed by atoms with Crippen molar-refractivity contribution in [3.63, 3.8) is 0 Å². The number of para-hydroxylation sites is 1. The molecule has 8 heteroatoms. The Morgan fingerprint density at radius 1 is 1.25 bits per heavy atom. The highest BCUT2D eigenvalue weighted by molar-refractivity contribution is 6.01. The second-order valence-corrected chi connectivity index (χ2v) is 6.58. The average molecular weight is 384 g/mol. The van der Waals surface area contributed by atoms with Crippen LogP contribution in [0.4, 0.5) is 11.4 Å². The Bertz CT molecular complexity index is 942. The van der Waals surface area contributed by atoms with Gasteiger partial charge in [-0.3, -0.25) is 14.9 Å². The van der Waals surface area contributed by atoms with Gasteiger partial charge in [0.25, 0.3) is 11.6 Å². The molecule has 0 unspecified atom stereocenters. The first kappa shape index (κ1) is 19.3. The Morgan fingerprint density at radius 3 is 2.64 bits per heavy atom. The molecule has 0 aliphatic carbocycles. The number of anilines is 1. The fourth-order valence-electron chi connectivity index (χ4n) is 3.34. The number of amides is 1. The Labute approximate surface area is 161 Å². The molecule has 3 rings (SSSR count). The van der Waals surface area contributed by atoms with Crippen molar-refractivity contribution < 1.29 is 24.0 Å². The van der Waals surface area contributed by atoms with Crippen LogP contribution >= 0.6 is 0 Å². The number of esters is 1. The molecular weight excluding hydrogens is 364 g/mol. The van der Waals surface area contributed by atoms with Crippen LogP contribution in [-0.4, -0.2) is 36.1 Å². The highest BCUT2D eigenvalue weighted by Crippen LogP contribution is 2.33. The van der Waals surface area contributed by atoms with Gasteiger partial charge in [0, 0.05) is 23.9 Å². The molecule has 2 atom stereocenters. The Balaban J connectivity index is 1.80. The molecule has 146 valence electrons. The lowest BCUT2D eigenvalue weighted by atomic mass is 10.1. The number of rotatable bonds is 5. The number of fused-ring (bicyclic) bond motifs is 1. The van der Waals surface area contributed by atoms with Crippen molar-refractivity contribution in [2.24, 2.45) is 0 Å². The van der Waals surface area contributed by atoms with Gasteiger partial charge in [-0.25, -0.2) is 4.79 Å². The number of hydrogen-bond acceptors (Lipinski definition) is 6. The summed E-state index contributed by atoms with van der Waals surface area (Å²) in [6, 6.07) is 11.1. The lowest BCUT2D eigenvalue weighted by Gasteiger charge is -2.26. The summed E-state index contributed by atoms with van der Waals surface area (Å²) in [6.45, 7) is 3.41. The van der Waals surface area contributed by atoms with E-state index in [1.54, 1.807) is 4.90 Å². The van der Waals surface area contributed by atoms with Crippen LogP contribution in [0.15, 0.2) is 42.5 Å². The Morgan fingerprint density at radius 2 is 1.96 bits per heavy atom. The van der Waals surface area contributed by atoms with Crippen molar-refractivity contribution in [1.29, 1.82) is 0 Å². The topological polar surface area (TPSA) is 99.0 Å². The van der Waals surface area contributed by atoms with Gasteiger partial charge in [-0.2, -0.15) is 0 Å². The van der Waals surface area contributed by atoms with Crippen LogP contribution in [0.5, 0.6) is 5.75 Å². The molecule has 2 aromatic carbocycles. The van der Waals surface area contributed by atoms with Crippen LogP contribution in [0.3, 0.4) is 0 Å². The highest BCUT2D eigenvalue weighted by Gasteiger charge is 2.35. The lowest BCUT2D eigenvalue weighted by Crippen LogP contribution is -2.43. The second kappa shape index (κ2) is 7.67. The van der Waals surface area contributed by atoms with Gasteiger partial charge in [-0.05, 0) is 38.0 Å². The monoisotopic (exact) mass is 384 g/mol.